The van der Waals surface area contributed by atoms with Gasteiger partial charge < -0.3 is 10.5 Å². The Bertz CT molecular complexity index is 490. The zero-order valence-corrected chi connectivity index (χ0v) is 7.60. The van der Waals surface area contributed by atoms with E-state index in [1.807, 2.05) is 6.07 Å². The van der Waals surface area contributed by atoms with Crippen molar-refractivity contribution in [2.45, 2.75) is 0 Å². The molecule has 0 fully saturated rings. The second kappa shape index (κ2) is 3.02. The Labute approximate surface area is 80.1 Å². The van der Waals surface area contributed by atoms with Gasteiger partial charge in [-0.15, -0.1) is 5.10 Å². The average molecular weight is 191 g/mol. The van der Waals surface area contributed by atoms with Crippen molar-refractivity contribution in [2.24, 2.45) is 0 Å². The van der Waals surface area contributed by atoms with E-state index in [2.05, 4.69) is 9.84 Å². The van der Waals surface area contributed by atoms with Crippen molar-refractivity contribution in [2.75, 3.05) is 12.8 Å². The molecule has 0 spiro atoms. The van der Waals surface area contributed by atoms with E-state index in [0.29, 0.717) is 11.1 Å². The van der Waals surface area contributed by atoms with E-state index in [4.69, 9.17) is 5.73 Å². The highest BCUT2D eigenvalue weighted by atomic mass is 16.5. The van der Waals surface area contributed by atoms with E-state index in [1.54, 1.807) is 22.8 Å². The number of ether oxygens (including phenoxy) is 1. The molecule has 0 saturated heterocycles. The lowest BCUT2D eigenvalue weighted by Gasteiger charge is -1.96. The zero-order chi connectivity index (χ0) is 10.1. The Morgan fingerprint density at radius 1 is 1.57 bits per heavy atom. The largest absolute Gasteiger partial charge is 0.465 e. The second-order valence-electron chi connectivity index (χ2n) is 2.78. The van der Waals surface area contributed by atoms with Gasteiger partial charge in [-0.1, -0.05) is 6.07 Å². The average Bonchev–Trinajstić information content (AvgIpc) is 2.53. The van der Waals surface area contributed by atoms with Crippen LogP contribution in [0.3, 0.4) is 0 Å². The minimum absolute atomic E-state index is 0.183. The molecule has 0 aromatic carbocycles. The molecule has 0 aliphatic carbocycles. The van der Waals surface area contributed by atoms with E-state index < -0.39 is 5.97 Å². The van der Waals surface area contributed by atoms with Gasteiger partial charge in [-0.25, -0.2) is 9.31 Å². The van der Waals surface area contributed by atoms with Crippen LogP contribution in [0.1, 0.15) is 10.4 Å². The number of esters is 1. The van der Waals surface area contributed by atoms with Crippen molar-refractivity contribution >= 4 is 17.3 Å². The number of pyridine rings is 1. The highest BCUT2D eigenvalue weighted by Gasteiger charge is 2.17. The van der Waals surface area contributed by atoms with Crippen LogP contribution in [0.15, 0.2) is 24.4 Å². The molecule has 0 aliphatic heterocycles. The molecule has 0 aliphatic rings. The number of nitrogens with zero attached hydrogens (tertiary/aromatic N) is 2. The number of fused-ring (bicyclic) bond motifs is 1. The molecule has 2 N–H and O–H groups in total. The van der Waals surface area contributed by atoms with Crippen molar-refractivity contribution in [1.82, 2.24) is 9.61 Å². The number of aromatic nitrogens is 2. The Kier molecular flexibility index (Phi) is 1.85. The molecular weight excluding hydrogens is 182 g/mol. The molecule has 14 heavy (non-hydrogen) atoms. The van der Waals surface area contributed by atoms with Gasteiger partial charge in [-0.2, -0.15) is 0 Å². The van der Waals surface area contributed by atoms with Crippen LogP contribution in [0.5, 0.6) is 0 Å². The van der Waals surface area contributed by atoms with Crippen molar-refractivity contribution in [3.8, 4) is 0 Å². The van der Waals surface area contributed by atoms with Crippen LogP contribution in [0, 0.1) is 0 Å². The monoisotopic (exact) mass is 191 g/mol. The molecule has 0 amide bonds. The highest BCUT2D eigenvalue weighted by Crippen LogP contribution is 2.17. The summed E-state index contributed by atoms with van der Waals surface area (Å²) in [5, 5.41) is 3.98. The maximum absolute atomic E-state index is 11.4. The second-order valence-corrected chi connectivity index (χ2v) is 2.78. The van der Waals surface area contributed by atoms with E-state index >= 15 is 0 Å². The predicted molar refractivity (Wildman–Crippen MR) is 50.9 cm³/mol. The summed E-state index contributed by atoms with van der Waals surface area (Å²) in [5.74, 6) is -0.285. The third-order valence-electron chi connectivity index (χ3n) is 1.96. The summed E-state index contributed by atoms with van der Waals surface area (Å²) in [5.41, 5.74) is 6.56. The molecule has 2 heterocycles. The van der Waals surface area contributed by atoms with Crippen LogP contribution >= 0.6 is 0 Å². The van der Waals surface area contributed by atoms with Gasteiger partial charge >= 0.3 is 5.97 Å². The predicted octanol–water partition coefficient (Wildman–Crippen LogP) is 0.703. The summed E-state index contributed by atoms with van der Waals surface area (Å²) in [6.07, 6.45) is 1.72. The van der Waals surface area contributed by atoms with Crippen LogP contribution in [-0.2, 0) is 4.74 Å². The van der Waals surface area contributed by atoms with Crippen LogP contribution in [0.4, 0.5) is 5.82 Å². The summed E-state index contributed by atoms with van der Waals surface area (Å²) in [6, 6.07) is 5.37. The van der Waals surface area contributed by atoms with Crippen LogP contribution in [0.25, 0.3) is 5.52 Å². The topological polar surface area (TPSA) is 69.6 Å². The molecule has 5 nitrogen and oxygen atoms in total. The smallest absolute Gasteiger partial charge is 0.343 e. The number of nitrogen functional groups attached to an aromatic ring is 1. The quantitative estimate of drug-likeness (QED) is 0.674. The molecule has 2 aromatic heterocycles. The molecule has 0 atom stereocenters. The van der Waals surface area contributed by atoms with E-state index in [9.17, 15) is 4.79 Å². The van der Waals surface area contributed by atoms with Gasteiger partial charge in [0.2, 0.25) is 0 Å². The van der Waals surface area contributed by atoms with E-state index in [-0.39, 0.29) is 5.82 Å². The fourth-order valence-corrected chi connectivity index (χ4v) is 1.33. The normalized spacial score (nSPS) is 10.4. The minimum atomic E-state index is -0.469. The number of hydrogen-bond acceptors (Lipinski definition) is 4. The van der Waals surface area contributed by atoms with Crippen LogP contribution < -0.4 is 5.73 Å². The van der Waals surface area contributed by atoms with Gasteiger partial charge in [0.05, 0.1) is 12.6 Å². The zero-order valence-electron chi connectivity index (χ0n) is 7.60. The van der Waals surface area contributed by atoms with Crippen LogP contribution in [-0.4, -0.2) is 22.7 Å². The summed E-state index contributed by atoms with van der Waals surface area (Å²) in [4.78, 5) is 11.4. The molecule has 2 rings (SSSR count). The van der Waals surface area contributed by atoms with Gasteiger partial charge in [-0.3, -0.25) is 0 Å². The SMILES string of the molecule is COC(=O)c1c(N)nn2ccccc12. The maximum atomic E-state index is 11.4. The molecule has 72 valence electrons. The van der Waals surface area contributed by atoms with Gasteiger partial charge in [0, 0.05) is 6.20 Å². The first-order valence-corrected chi connectivity index (χ1v) is 4.05. The summed E-state index contributed by atoms with van der Waals surface area (Å²) < 4.78 is 6.15. The number of carbonyl (C=O) groups excluding carboxylic acids is 1. The van der Waals surface area contributed by atoms with Crippen molar-refractivity contribution < 1.29 is 9.53 Å². The van der Waals surface area contributed by atoms with Crippen molar-refractivity contribution in [3.05, 3.63) is 30.0 Å². The summed E-state index contributed by atoms with van der Waals surface area (Å²) in [7, 11) is 1.31. The maximum Gasteiger partial charge on any atom is 0.343 e. The van der Waals surface area contributed by atoms with E-state index in [0.717, 1.165) is 0 Å². The number of anilines is 1. The van der Waals surface area contributed by atoms with Gasteiger partial charge in [0.25, 0.3) is 0 Å². The summed E-state index contributed by atoms with van der Waals surface area (Å²) >= 11 is 0. The standard InChI is InChI=1S/C9H9N3O2/c1-14-9(13)7-6-4-2-3-5-12(6)11-8(7)10/h2-5H,1H3,(H2,10,11). The van der Waals surface area contributed by atoms with Gasteiger partial charge in [0.15, 0.2) is 5.82 Å². The highest BCUT2D eigenvalue weighted by molar-refractivity contribution is 6.01. The lowest BCUT2D eigenvalue weighted by Crippen LogP contribution is -2.03. The molecule has 0 bridgehead atoms. The Morgan fingerprint density at radius 2 is 2.36 bits per heavy atom. The number of hydrogen-bond donors (Lipinski definition) is 1. The third kappa shape index (κ3) is 1.10. The van der Waals surface area contributed by atoms with E-state index in [1.165, 1.54) is 7.11 Å². The Hall–Kier alpha value is -2.04. The molecular formula is C9H9N3O2. The Balaban J connectivity index is 2.74. The lowest BCUT2D eigenvalue weighted by atomic mass is 10.2. The van der Waals surface area contributed by atoms with Crippen LogP contribution in [0.2, 0.25) is 0 Å². The number of methoxy groups -OCH3 is 1. The molecule has 5 heteroatoms. The first kappa shape index (κ1) is 8.55. The molecule has 0 unspecified atom stereocenters. The van der Waals surface area contributed by atoms with Gasteiger partial charge in [-0.05, 0) is 12.1 Å². The third-order valence-corrected chi connectivity index (χ3v) is 1.96. The van der Waals surface area contributed by atoms with Gasteiger partial charge in [0.1, 0.15) is 5.56 Å². The Morgan fingerprint density at radius 3 is 3.07 bits per heavy atom. The summed E-state index contributed by atoms with van der Waals surface area (Å²) in [6.45, 7) is 0. The molecule has 2 aromatic rings. The number of nitrogens with two attached hydrogens (primary N) is 1. The lowest BCUT2D eigenvalue weighted by molar-refractivity contribution is 0.0604. The fourth-order valence-electron chi connectivity index (χ4n) is 1.33. The number of rotatable bonds is 1. The van der Waals surface area contributed by atoms with Crippen molar-refractivity contribution in [3.63, 3.8) is 0 Å². The first-order chi connectivity index (χ1) is 6.74. The number of carbonyl (C=O) groups is 1. The molecule has 0 saturated carbocycles. The minimum Gasteiger partial charge on any atom is -0.465 e. The molecule has 0 radical (unpaired) electrons. The van der Waals surface area contributed by atoms with Crippen molar-refractivity contribution in [1.29, 1.82) is 0 Å². The fraction of sp³-hybridized carbons (Fsp3) is 0.111. The first-order valence-electron chi connectivity index (χ1n) is 4.05.